The van der Waals surface area contributed by atoms with E-state index >= 15 is 0 Å². The molecule has 0 bridgehead atoms. The summed E-state index contributed by atoms with van der Waals surface area (Å²) in [5.41, 5.74) is 4.12. The monoisotopic (exact) mass is 502 g/mol. The third kappa shape index (κ3) is 7.03. The topological polar surface area (TPSA) is 55.6 Å². The zero-order chi connectivity index (χ0) is 24.5. The van der Waals surface area contributed by atoms with Gasteiger partial charge in [0.05, 0.1) is 11.5 Å². The Bertz CT molecular complexity index is 1320. The number of nitrogens with zero attached hydrogens (tertiary/aromatic N) is 2. The normalized spacial score (nSPS) is 10.7. The first kappa shape index (κ1) is 24.7. The zero-order valence-corrected chi connectivity index (χ0v) is 21.1. The number of nitro groups is 1. The third-order valence-electron chi connectivity index (χ3n) is 5.36. The van der Waals surface area contributed by atoms with Gasteiger partial charge in [-0.15, -0.1) is 11.3 Å². The first-order valence-electron chi connectivity index (χ1n) is 11.4. The standard InChI is InChI=1S/C28H26N2O3S2/c1-2-13-29(14-6-9-23-8-3-4-11-28(23)30(31)32)18-22-7-5-10-26(16-22)33-19-27-17-25(21-35-27)24-12-15-34-20-24/h3-5,7-8,10-12,15-17,20-21H,2,13-14,18-19H2,1H3. The fourth-order valence-electron chi connectivity index (χ4n) is 3.70. The molecule has 2 aromatic carbocycles. The van der Waals surface area contributed by atoms with Crippen molar-refractivity contribution >= 4 is 28.4 Å². The van der Waals surface area contributed by atoms with Gasteiger partial charge in [-0.1, -0.05) is 43.0 Å². The second-order valence-corrected chi connectivity index (χ2v) is 9.81. The van der Waals surface area contributed by atoms with E-state index < -0.39 is 4.92 Å². The largest absolute Gasteiger partial charge is 0.488 e. The first-order chi connectivity index (χ1) is 17.1. The molecule has 35 heavy (non-hydrogen) atoms. The number of ether oxygens (including phenoxy) is 1. The fourth-order valence-corrected chi connectivity index (χ4v) is 5.17. The number of hydrogen-bond acceptors (Lipinski definition) is 6. The Morgan fingerprint density at radius 1 is 1.06 bits per heavy atom. The molecule has 0 atom stereocenters. The maximum Gasteiger partial charge on any atom is 0.284 e. The van der Waals surface area contributed by atoms with Crippen molar-refractivity contribution in [3.05, 3.63) is 103 Å². The predicted octanol–water partition coefficient (Wildman–Crippen LogP) is 7.23. The highest BCUT2D eigenvalue weighted by atomic mass is 32.1. The van der Waals surface area contributed by atoms with Gasteiger partial charge in [-0.05, 0) is 76.1 Å². The molecule has 0 amide bonds. The van der Waals surface area contributed by atoms with Crippen LogP contribution in [0, 0.1) is 22.0 Å². The van der Waals surface area contributed by atoms with Gasteiger partial charge in [-0.3, -0.25) is 15.0 Å². The van der Waals surface area contributed by atoms with Crippen molar-refractivity contribution in [2.45, 2.75) is 26.5 Å². The van der Waals surface area contributed by atoms with Gasteiger partial charge in [-0.25, -0.2) is 0 Å². The van der Waals surface area contributed by atoms with Crippen molar-refractivity contribution in [2.75, 3.05) is 13.1 Å². The molecule has 0 aliphatic rings. The molecule has 0 aliphatic heterocycles. The van der Waals surface area contributed by atoms with Crippen LogP contribution < -0.4 is 4.74 Å². The number of benzene rings is 2. The van der Waals surface area contributed by atoms with E-state index in [4.69, 9.17) is 4.74 Å². The van der Waals surface area contributed by atoms with E-state index in [1.807, 2.05) is 12.1 Å². The summed E-state index contributed by atoms with van der Waals surface area (Å²) in [7, 11) is 0. The van der Waals surface area contributed by atoms with Crippen LogP contribution in [0.2, 0.25) is 0 Å². The molecule has 0 spiro atoms. The lowest BCUT2D eigenvalue weighted by Crippen LogP contribution is -2.24. The molecular weight excluding hydrogens is 476 g/mol. The molecular formula is C28H26N2O3S2. The zero-order valence-electron chi connectivity index (χ0n) is 19.5. The average Bonchev–Trinajstić information content (AvgIpc) is 3.56. The van der Waals surface area contributed by atoms with Crippen LogP contribution in [0.15, 0.2) is 76.8 Å². The van der Waals surface area contributed by atoms with Gasteiger partial charge < -0.3 is 4.74 Å². The van der Waals surface area contributed by atoms with Crippen molar-refractivity contribution in [3.63, 3.8) is 0 Å². The summed E-state index contributed by atoms with van der Waals surface area (Å²) in [5, 5.41) is 17.6. The molecule has 2 aromatic heterocycles. The van der Waals surface area contributed by atoms with E-state index in [-0.39, 0.29) is 5.69 Å². The van der Waals surface area contributed by atoms with Gasteiger partial charge in [0.15, 0.2) is 0 Å². The molecule has 0 radical (unpaired) electrons. The van der Waals surface area contributed by atoms with E-state index in [0.717, 1.165) is 30.8 Å². The number of hydrogen-bond donors (Lipinski definition) is 0. The van der Waals surface area contributed by atoms with E-state index in [0.29, 0.717) is 18.7 Å². The lowest BCUT2D eigenvalue weighted by Gasteiger charge is -2.19. The summed E-state index contributed by atoms with van der Waals surface area (Å²) in [5.74, 6) is 6.94. The molecule has 4 rings (SSSR count). The molecule has 0 unspecified atom stereocenters. The summed E-state index contributed by atoms with van der Waals surface area (Å²) in [4.78, 5) is 14.3. The van der Waals surface area contributed by atoms with Crippen molar-refractivity contribution in [3.8, 4) is 28.7 Å². The molecule has 5 nitrogen and oxygen atoms in total. The summed E-state index contributed by atoms with van der Waals surface area (Å²) in [6, 6.07) is 19.1. The fraction of sp³-hybridized carbons (Fsp3) is 0.214. The summed E-state index contributed by atoms with van der Waals surface area (Å²) in [6.07, 6.45) is 0.994. The van der Waals surface area contributed by atoms with Crippen molar-refractivity contribution < 1.29 is 9.66 Å². The maximum atomic E-state index is 11.2. The number of thiophene rings is 2. The summed E-state index contributed by atoms with van der Waals surface area (Å²) in [6.45, 7) is 4.83. The predicted molar refractivity (Wildman–Crippen MR) is 144 cm³/mol. The van der Waals surface area contributed by atoms with Crippen LogP contribution in [0.3, 0.4) is 0 Å². The minimum Gasteiger partial charge on any atom is -0.488 e. The Kier molecular flexibility index (Phi) is 8.68. The molecule has 0 N–H and O–H groups in total. The number of nitro benzene ring substituents is 1. The van der Waals surface area contributed by atoms with Gasteiger partial charge >= 0.3 is 0 Å². The Morgan fingerprint density at radius 2 is 1.94 bits per heavy atom. The quantitative estimate of drug-likeness (QED) is 0.130. The minimum atomic E-state index is -0.390. The van der Waals surface area contributed by atoms with Gasteiger partial charge in [0.1, 0.15) is 17.9 Å². The molecule has 2 heterocycles. The SMILES string of the molecule is CCCN(CC#Cc1ccccc1[N+](=O)[O-])Cc1cccc(OCc2cc(-c3ccsc3)cs2)c1. The third-order valence-corrected chi connectivity index (χ3v) is 6.95. The van der Waals surface area contributed by atoms with Crippen LogP contribution in [0.1, 0.15) is 29.3 Å². The van der Waals surface area contributed by atoms with Crippen molar-refractivity contribution in [1.29, 1.82) is 0 Å². The van der Waals surface area contributed by atoms with Crippen LogP contribution in [-0.4, -0.2) is 22.9 Å². The van der Waals surface area contributed by atoms with E-state index in [1.54, 1.807) is 40.9 Å². The van der Waals surface area contributed by atoms with Gasteiger partial charge in [0.25, 0.3) is 5.69 Å². The maximum absolute atomic E-state index is 11.2. The summed E-state index contributed by atoms with van der Waals surface area (Å²) >= 11 is 3.42. The number of para-hydroxylation sites is 1. The Labute approximate surface area is 213 Å². The van der Waals surface area contributed by atoms with Crippen LogP contribution in [0.25, 0.3) is 11.1 Å². The highest BCUT2D eigenvalue weighted by molar-refractivity contribution is 7.10. The van der Waals surface area contributed by atoms with Crippen LogP contribution in [0.5, 0.6) is 5.75 Å². The highest BCUT2D eigenvalue weighted by Crippen LogP contribution is 2.28. The van der Waals surface area contributed by atoms with Gasteiger partial charge in [-0.2, -0.15) is 11.3 Å². The van der Waals surface area contributed by atoms with Gasteiger partial charge in [0.2, 0.25) is 0 Å². The van der Waals surface area contributed by atoms with E-state index in [9.17, 15) is 10.1 Å². The molecule has 0 saturated carbocycles. The van der Waals surface area contributed by atoms with Gasteiger partial charge in [0, 0.05) is 17.5 Å². The van der Waals surface area contributed by atoms with E-state index in [2.05, 4.69) is 64.1 Å². The summed E-state index contributed by atoms with van der Waals surface area (Å²) < 4.78 is 6.08. The van der Waals surface area contributed by atoms with Crippen LogP contribution >= 0.6 is 22.7 Å². The smallest absolute Gasteiger partial charge is 0.284 e. The van der Waals surface area contributed by atoms with E-state index in [1.165, 1.54) is 22.1 Å². The molecule has 7 heteroatoms. The Morgan fingerprint density at radius 3 is 2.74 bits per heavy atom. The van der Waals surface area contributed by atoms with Crippen LogP contribution in [0.4, 0.5) is 5.69 Å². The van der Waals surface area contributed by atoms with Crippen molar-refractivity contribution in [1.82, 2.24) is 4.90 Å². The second kappa shape index (κ2) is 12.3. The molecule has 0 saturated heterocycles. The average molecular weight is 503 g/mol. The lowest BCUT2D eigenvalue weighted by atomic mass is 10.1. The molecule has 4 aromatic rings. The minimum absolute atomic E-state index is 0.0417. The molecule has 0 aliphatic carbocycles. The Hall–Kier alpha value is -3.44. The van der Waals surface area contributed by atoms with Crippen LogP contribution in [-0.2, 0) is 13.2 Å². The van der Waals surface area contributed by atoms with Crippen molar-refractivity contribution in [2.24, 2.45) is 0 Å². The lowest BCUT2D eigenvalue weighted by molar-refractivity contribution is -0.385. The molecule has 0 fully saturated rings. The Balaban J connectivity index is 1.37. The first-order valence-corrected chi connectivity index (χ1v) is 13.2. The second-order valence-electron chi connectivity index (χ2n) is 8.04. The highest BCUT2D eigenvalue weighted by Gasteiger charge is 2.10. The number of rotatable bonds is 10. The molecule has 178 valence electrons.